The van der Waals surface area contributed by atoms with Crippen LogP contribution in [-0.2, 0) is 45.6 Å². The van der Waals surface area contributed by atoms with Crippen molar-refractivity contribution in [2.24, 2.45) is 0 Å². The van der Waals surface area contributed by atoms with E-state index in [9.17, 15) is 11.0 Å². The van der Waals surface area contributed by atoms with Crippen molar-refractivity contribution in [2.45, 2.75) is 46.3 Å². The number of furan rings is 1. The molecule has 306 valence electrons. The Morgan fingerprint density at radius 3 is 1.70 bits per heavy atom. The fraction of sp³-hybridized carbons (Fsp3) is 0.123. The molecular weight excluding hydrogens is 949 g/mol. The first kappa shape index (κ1) is 32.8. The molecule has 0 aliphatic rings. The van der Waals surface area contributed by atoms with Gasteiger partial charge in [0.1, 0.15) is 0 Å². The molecule has 0 aliphatic heterocycles. The number of nitrogens with zero attached hydrogens (tertiary/aromatic N) is 4. The van der Waals surface area contributed by atoms with Crippen molar-refractivity contribution in [2.75, 3.05) is 0 Å². The van der Waals surface area contributed by atoms with Crippen molar-refractivity contribution < 1.29 is 35.5 Å². The maximum absolute atomic E-state index is 9.67. The van der Waals surface area contributed by atoms with E-state index in [0.29, 0.717) is 78.4 Å². The van der Waals surface area contributed by atoms with Gasteiger partial charge in [0.05, 0.1) is 5.58 Å². The van der Waals surface area contributed by atoms with Gasteiger partial charge in [0.25, 0.3) is 0 Å². The van der Waals surface area contributed by atoms with Crippen LogP contribution in [0.15, 0.2) is 163 Å². The molecule has 10 aromatic rings. The van der Waals surface area contributed by atoms with Gasteiger partial charge in [-0.1, -0.05) is 88.8 Å². The van der Waals surface area contributed by atoms with Crippen LogP contribution in [0.25, 0.3) is 78.1 Å². The van der Waals surface area contributed by atoms with E-state index in [4.69, 9.17) is 9.40 Å². The normalized spacial score (nSPS) is 14.0. The van der Waals surface area contributed by atoms with Gasteiger partial charge in [-0.05, 0) is 120 Å². The fourth-order valence-corrected chi connectivity index (χ4v) is 7.57. The molecule has 0 N–H and O–H groups in total. The number of fused-ring (bicyclic) bond motifs is 3. The molecule has 5 heterocycles. The molecule has 5 nitrogen and oxygen atoms in total. The van der Waals surface area contributed by atoms with Crippen molar-refractivity contribution in [1.82, 2.24) is 19.9 Å². The second-order valence-corrected chi connectivity index (χ2v) is 15.1. The molecule has 5 aromatic heterocycles. The molecular formula is C57H43IrN4O. The summed E-state index contributed by atoms with van der Waals surface area (Å²) in [5, 5.41) is 1.77. The number of hydrogen-bond donors (Lipinski definition) is 0. The van der Waals surface area contributed by atoms with Gasteiger partial charge >= 0.3 is 20.1 Å². The Morgan fingerprint density at radius 1 is 0.524 bits per heavy atom. The summed E-state index contributed by atoms with van der Waals surface area (Å²) in [7, 11) is 0. The molecule has 5 aromatic carbocycles. The van der Waals surface area contributed by atoms with E-state index in [0.717, 1.165) is 16.5 Å². The first-order chi connectivity index (χ1) is 33.5. The van der Waals surface area contributed by atoms with Crippen LogP contribution in [0.3, 0.4) is 0 Å². The minimum atomic E-state index is -2.82. The number of aryl methyl sites for hydroxylation is 7. The van der Waals surface area contributed by atoms with Crippen molar-refractivity contribution >= 4 is 22.1 Å². The molecule has 0 unspecified atom stereocenters. The first-order valence-electron chi connectivity index (χ1n) is 24.3. The monoisotopic (exact) mass is 1000 g/mol. The molecule has 63 heavy (non-hydrogen) atoms. The average molecular weight is 1000 g/mol. The molecule has 0 amide bonds. The van der Waals surface area contributed by atoms with Gasteiger partial charge in [-0.3, -0.25) is 0 Å². The molecule has 0 fully saturated rings. The predicted molar refractivity (Wildman–Crippen MR) is 250 cm³/mol. The van der Waals surface area contributed by atoms with Gasteiger partial charge < -0.3 is 19.4 Å². The van der Waals surface area contributed by atoms with Gasteiger partial charge in [-0.25, -0.2) is 4.98 Å². The van der Waals surface area contributed by atoms with Crippen molar-refractivity contribution in [3.8, 4) is 56.0 Å². The van der Waals surface area contributed by atoms with Gasteiger partial charge in [0, 0.05) is 40.6 Å². The third kappa shape index (κ3) is 8.79. The standard InChI is InChI=1S/C57H43N4O.Ir/c1-37-29-54(42-13-6-4-7-14-42)59-34-44(37)24-22-40-31-41(23-25-45-35-60-55(30-38(45)2)43-15-8-5-9-16-43)33-47(32-40)49-18-11-10-17-48(49)46-26-28-53(58-36-46)52-20-12-19-50-51-27-21-39(3)61-57(51)62-56(50)52;/h4-13,15,17-19,21,26-36H,22-25H2,1-3H3;/q-3;+3/i22D2,23D2,24D2,25D2;. The summed E-state index contributed by atoms with van der Waals surface area (Å²) in [5.74, 6) is 0. The van der Waals surface area contributed by atoms with E-state index in [-0.39, 0.29) is 42.4 Å². The molecule has 0 aliphatic carbocycles. The van der Waals surface area contributed by atoms with E-state index >= 15 is 0 Å². The summed E-state index contributed by atoms with van der Waals surface area (Å²) in [6.45, 7) is 5.31. The van der Waals surface area contributed by atoms with Crippen LogP contribution in [0.4, 0.5) is 0 Å². The summed E-state index contributed by atoms with van der Waals surface area (Å²) < 4.78 is 83.0. The van der Waals surface area contributed by atoms with Crippen LogP contribution >= 0.6 is 0 Å². The number of pyridine rings is 4. The molecule has 0 spiro atoms. The van der Waals surface area contributed by atoms with Crippen LogP contribution in [0, 0.1) is 39.0 Å². The smallest absolute Gasteiger partial charge is 0.486 e. The Labute approximate surface area is 393 Å². The summed E-state index contributed by atoms with van der Waals surface area (Å²) in [4.78, 5) is 18.5. The zero-order valence-electron chi connectivity index (χ0n) is 42.5. The zero-order valence-corrected chi connectivity index (χ0v) is 36.9. The molecule has 6 heteroatoms. The van der Waals surface area contributed by atoms with Crippen LogP contribution < -0.4 is 0 Å². The molecule has 0 radical (unpaired) electrons. The Kier molecular flexibility index (Phi) is 9.50. The second-order valence-electron chi connectivity index (χ2n) is 15.1. The van der Waals surface area contributed by atoms with Crippen LogP contribution in [0.1, 0.15) is 50.0 Å². The van der Waals surface area contributed by atoms with Crippen LogP contribution in [-0.4, -0.2) is 19.9 Å². The van der Waals surface area contributed by atoms with Crippen molar-refractivity contribution in [3.05, 3.63) is 215 Å². The topological polar surface area (TPSA) is 64.7 Å². The van der Waals surface area contributed by atoms with Crippen molar-refractivity contribution in [1.29, 1.82) is 0 Å². The van der Waals surface area contributed by atoms with E-state index in [2.05, 4.69) is 33.2 Å². The van der Waals surface area contributed by atoms with Crippen molar-refractivity contribution in [3.63, 3.8) is 0 Å². The Balaban J connectivity index is 0.00000624. The second kappa shape index (κ2) is 18.2. The minimum absolute atomic E-state index is 0. The largest absolute Gasteiger partial charge is 3.00 e. The third-order valence-corrected chi connectivity index (χ3v) is 10.8. The Hall–Kier alpha value is -6.85. The summed E-state index contributed by atoms with van der Waals surface area (Å²) >= 11 is 0. The minimum Gasteiger partial charge on any atom is -0.486 e. The maximum Gasteiger partial charge on any atom is 3.00 e. The van der Waals surface area contributed by atoms with E-state index in [1.54, 1.807) is 44.3 Å². The van der Waals surface area contributed by atoms with Gasteiger partial charge in [-0.15, -0.1) is 90.0 Å². The summed E-state index contributed by atoms with van der Waals surface area (Å²) in [5.41, 5.74) is 8.53. The van der Waals surface area contributed by atoms with E-state index < -0.39 is 25.5 Å². The Morgan fingerprint density at radius 2 is 1.13 bits per heavy atom. The fourth-order valence-electron chi connectivity index (χ4n) is 7.57. The van der Waals surface area contributed by atoms with E-state index in [1.165, 1.54) is 30.6 Å². The SMILES string of the molecule is [2H]C([2H])(c1cc(-c2ccccc2-c2ccc(-c3[c-]ccc4c3oc3nc(C)ccc34)nc2)cc(C([2H])([2H])C([2H])([2H])c2cnc(-c3[c-]cccc3)cc2C)c1)C([2H])([2H])c1cnc(-c2[c-]cccc2)cc1C.[Ir+3]. The molecule has 0 saturated carbocycles. The van der Waals surface area contributed by atoms with Crippen LogP contribution in [0.2, 0.25) is 0 Å². The predicted octanol–water partition coefficient (Wildman–Crippen LogP) is 13.4. The summed E-state index contributed by atoms with van der Waals surface area (Å²) in [6, 6.07) is 50.6. The number of rotatable bonds is 11. The molecule has 0 saturated heterocycles. The maximum atomic E-state index is 9.67. The number of hydrogen-bond acceptors (Lipinski definition) is 5. The van der Waals surface area contributed by atoms with E-state index in [1.807, 2.05) is 104 Å². The quantitative estimate of drug-likeness (QED) is 0.121. The van der Waals surface area contributed by atoms with Gasteiger partial charge in [0.2, 0.25) is 5.71 Å². The number of benzene rings is 5. The zero-order chi connectivity index (χ0) is 49.2. The number of aromatic nitrogens is 4. The molecule has 10 rings (SSSR count). The first-order valence-corrected chi connectivity index (χ1v) is 20.3. The van der Waals surface area contributed by atoms with Gasteiger partial charge in [-0.2, -0.15) is 0 Å². The molecule has 0 atom stereocenters. The Bertz CT molecular complexity index is 3470. The average Bonchev–Trinajstić information content (AvgIpc) is 3.74. The molecule has 0 bridgehead atoms. The van der Waals surface area contributed by atoms with Crippen LogP contribution in [0.5, 0.6) is 0 Å². The van der Waals surface area contributed by atoms with Gasteiger partial charge in [0.15, 0.2) is 0 Å². The summed E-state index contributed by atoms with van der Waals surface area (Å²) in [6.07, 6.45) is -6.68. The third-order valence-electron chi connectivity index (χ3n) is 10.8.